The normalized spacial score (nSPS) is 29.2. The van der Waals surface area contributed by atoms with Crippen molar-refractivity contribution in [1.29, 1.82) is 0 Å². The maximum Gasteiger partial charge on any atom is 0.0701 e. The molecule has 2 heterocycles. The van der Waals surface area contributed by atoms with Crippen LogP contribution in [0.2, 0.25) is 0 Å². The molecular formula is C12H19BrN2S. The van der Waals surface area contributed by atoms with E-state index in [0.29, 0.717) is 12.1 Å². The molecule has 0 amide bonds. The van der Waals surface area contributed by atoms with E-state index < -0.39 is 0 Å². The minimum absolute atomic E-state index is 0.342. The van der Waals surface area contributed by atoms with Crippen molar-refractivity contribution < 1.29 is 0 Å². The molecule has 4 heteroatoms. The van der Waals surface area contributed by atoms with Gasteiger partial charge in [0.15, 0.2) is 0 Å². The monoisotopic (exact) mass is 302 g/mol. The Bertz CT molecular complexity index is 343. The molecule has 0 radical (unpaired) electrons. The van der Waals surface area contributed by atoms with Gasteiger partial charge in [-0.2, -0.15) is 0 Å². The third kappa shape index (κ3) is 2.86. The number of nitrogens with zero attached hydrogens (tertiary/aromatic N) is 1. The zero-order valence-corrected chi connectivity index (χ0v) is 12.2. The summed E-state index contributed by atoms with van der Waals surface area (Å²) < 4.78 is 1.21. The second kappa shape index (κ2) is 5.17. The number of hydrogen-bond donors (Lipinski definition) is 1. The lowest BCUT2D eigenvalue weighted by Gasteiger charge is -2.38. The Balaban J connectivity index is 2.06. The molecule has 0 aliphatic carbocycles. The molecule has 16 heavy (non-hydrogen) atoms. The number of piperidine rings is 1. The third-order valence-corrected chi connectivity index (χ3v) is 5.07. The minimum Gasteiger partial charge on any atom is -0.327 e. The number of nitrogens with two attached hydrogens (primary N) is 1. The molecule has 2 rings (SSSR count). The highest BCUT2D eigenvalue weighted by Gasteiger charge is 2.26. The van der Waals surface area contributed by atoms with E-state index in [1.807, 2.05) is 11.3 Å². The van der Waals surface area contributed by atoms with Gasteiger partial charge < -0.3 is 5.73 Å². The number of likely N-dealkylation sites (tertiary alicyclic amines) is 1. The molecule has 0 spiro atoms. The maximum atomic E-state index is 6.09. The fourth-order valence-corrected chi connectivity index (χ4v) is 4.00. The van der Waals surface area contributed by atoms with Crippen LogP contribution in [-0.4, -0.2) is 24.0 Å². The Morgan fingerprint density at radius 1 is 1.50 bits per heavy atom. The van der Waals surface area contributed by atoms with Crippen molar-refractivity contribution in [2.75, 3.05) is 13.1 Å². The Morgan fingerprint density at radius 3 is 2.81 bits per heavy atom. The van der Waals surface area contributed by atoms with Crippen LogP contribution in [0.5, 0.6) is 0 Å². The second-order valence-corrected chi connectivity index (χ2v) is 7.37. The molecule has 0 aromatic carbocycles. The summed E-state index contributed by atoms with van der Waals surface area (Å²) in [5.41, 5.74) is 6.09. The smallest absolute Gasteiger partial charge is 0.0701 e. The highest BCUT2D eigenvalue weighted by molar-refractivity contribution is 9.11. The Hall–Kier alpha value is 0.1000. The van der Waals surface area contributed by atoms with E-state index >= 15 is 0 Å². The quantitative estimate of drug-likeness (QED) is 0.909. The highest BCUT2D eigenvalue weighted by atomic mass is 79.9. The SMILES string of the molecule is CC1CC(N)CN(C(C)c2ccc(Br)s2)C1. The Morgan fingerprint density at radius 2 is 2.25 bits per heavy atom. The van der Waals surface area contributed by atoms with Crippen LogP contribution >= 0.6 is 27.3 Å². The summed E-state index contributed by atoms with van der Waals surface area (Å²) in [5.74, 6) is 0.717. The van der Waals surface area contributed by atoms with Crippen molar-refractivity contribution >= 4 is 27.3 Å². The van der Waals surface area contributed by atoms with Gasteiger partial charge in [-0.1, -0.05) is 6.92 Å². The van der Waals surface area contributed by atoms with Crippen molar-refractivity contribution in [3.8, 4) is 0 Å². The van der Waals surface area contributed by atoms with Gasteiger partial charge in [0, 0.05) is 30.1 Å². The molecule has 0 saturated carbocycles. The van der Waals surface area contributed by atoms with Crippen molar-refractivity contribution in [1.82, 2.24) is 4.90 Å². The first-order chi connectivity index (χ1) is 7.56. The van der Waals surface area contributed by atoms with Crippen LogP contribution in [0.4, 0.5) is 0 Å². The average Bonchev–Trinajstić information content (AvgIpc) is 2.62. The second-order valence-electron chi connectivity index (χ2n) is 4.87. The summed E-state index contributed by atoms with van der Waals surface area (Å²) >= 11 is 5.35. The van der Waals surface area contributed by atoms with Gasteiger partial charge in [0.05, 0.1) is 3.79 Å². The topological polar surface area (TPSA) is 29.3 Å². The van der Waals surface area contributed by atoms with Gasteiger partial charge in [0.25, 0.3) is 0 Å². The number of rotatable bonds is 2. The van der Waals surface area contributed by atoms with Crippen LogP contribution in [0.15, 0.2) is 15.9 Å². The predicted molar refractivity (Wildman–Crippen MR) is 73.8 cm³/mol. The molecule has 1 aliphatic rings. The van der Waals surface area contributed by atoms with E-state index in [0.717, 1.165) is 18.9 Å². The van der Waals surface area contributed by atoms with Crippen molar-refractivity contribution in [2.45, 2.75) is 32.4 Å². The molecule has 1 aromatic heterocycles. The molecule has 2 nitrogen and oxygen atoms in total. The van der Waals surface area contributed by atoms with Gasteiger partial charge in [0.2, 0.25) is 0 Å². The lowest BCUT2D eigenvalue weighted by molar-refractivity contribution is 0.125. The highest BCUT2D eigenvalue weighted by Crippen LogP contribution is 2.32. The van der Waals surface area contributed by atoms with Gasteiger partial charge in [0.1, 0.15) is 0 Å². The van der Waals surface area contributed by atoms with Crippen LogP contribution in [0.25, 0.3) is 0 Å². The lowest BCUT2D eigenvalue weighted by atomic mass is 9.95. The van der Waals surface area contributed by atoms with Crippen LogP contribution in [0.3, 0.4) is 0 Å². The van der Waals surface area contributed by atoms with Gasteiger partial charge in [-0.15, -0.1) is 11.3 Å². The molecule has 1 aromatic rings. The minimum atomic E-state index is 0.342. The van der Waals surface area contributed by atoms with Crippen LogP contribution < -0.4 is 5.73 Å². The average molecular weight is 303 g/mol. The van der Waals surface area contributed by atoms with E-state index in [2.05, 4.69) is 46.8 Å². The number of thiophene rings is 1. The summed E-state index contributed by atoms with van der Waals surface area (Å²) in [6.45, 7) is 6.78. The summed E-state index contributed by atoms with van der Waals surface area (Å²) in [4.78, 5) is 3.94. The van der Waals surface area contributed by atoms with Crippen LogP contribution in [-0.2, 0) is 0 Å². The van der Waals surface area contributed by atoms with Crippen molar-refractivity contribution in [2.24, 2.45) is 11.7 Å². The standard InChI is InChI=1S/C12H19BrN2S/c1-8-5-10(14)7-15(6-8)9(2)11-3-4-12(13)16-11/h3-4,8-10H,5-7,14H2,1-2H3. The summed E-state index contributed by atoms with van der Waals surface area (Å²) in [7, 11) is 0. The van der Waals surface area contributed by atoms with E-state index in [9.17, 15) is 0 Å². The molecule has 1 fully saturated rings. The fraction of sp³-hybridized carbons (Fsp3) is 0.667. The molecule has 3 atom stereocenters. The zero-order chi connectivity index (χ0) is 11.7. The number of halogens is 1. The Kier molecular flexibility index (Phi) is 4.06. The molecule has 3 unspecified atom stereocenters. The summed E-state index contributed by atoms with van der Waals surface area (Å²) in [6.07, 6.45) is 1.16. The summed E-state index contributed by atoms with van der Waals surface area (Å²) in [6, 6.07) is 5.17. The first kappa shape index (κ1) is 12.6. The van der Waals surface area contributed by atoms with Gasteiger partial charge in [-0.05, 0) is 47.3 Å². The predicted octanol–water partition coefficient (Wildman–Crippen LogP) is 3.24. The summed E-state index contributed by atoms with van der Waals surface area (Å²) in [5, 5.41) is 0. The number of hydrogen-bond acceptors (Lipinski definition) is 3. The van der Waals surface area contributed by atoms with E-state index in [1.54, 1.807) is 0 Å². The third-order valence-electron chi connectivity index (χ3n) is 3.27. The van der Waals surface area contributed by atoms with Crippen molar-refractivity contribution in [3.63, 3.8) is 0 Å². The fourth-order valence-electron chi connectivity index (χ4n) is 2.49. The van der Waals surface area contributed by atoms with E-state index in [4.69, 9.17) is 5.73 Å². The molecule has 1 saturated heterocycles. The van der Waals surface area contributed by atoms with E-state index in [-0.39, 0.29) is 0 Å². The van der Waals surface area contributed by atoms with Crippen LogP contribution in [0, 0.1) is 5.92 Å². The molecule has 0 bridgehead atoms. The Labute approximate surface area is 110 Å². The molecular weight excluding hydrogens is 284 g/mol. The van der Waals surface area contributed by atoms with Gasteiger partial charge in [-0.3, -0.25) is 4.90 Å². The van der Waals surface area contributed by atoms with Gasteiger partial charge in [-0.25, -0.2) is 0 Å². The van der Waals surface area contributed by atoms with Crippen LogP contribution in [0.1, 0.15) is 31.2 Å². The molecule has 1 aliphatic heterocycles. The first-order valence-electron chi connectivity index (χ1n) is 5.81. The first-order valence-corrected chi connectivity index (χ1v) is 7.42. The molecule has 2 N–H and O–H groups in total. The largest absolute Gasteiger partial charge is 0.327 e. The van der Waals surface area contributed by atoms with Gasteiger partial charge >= 0.3 is 0 Å². The lowest BCUT2D eigenvalue weighted by Crippen LogP contribution is -2.46. The van der Waals surface area contributed by atoms with E-state index in [1.165, 1.54) is 15.2 Å². The van der Waals surface area contributed by atoms with Crippen molar-refractivity contribution in [3.05, 3.63) is 20.8 Å². The maximum absolute atomic E-state index is 6.09. The molecule has 90 valence electrons. The zero-order valence-electron chi connectivity index (χ0n) is 9.82.